The fourth-order valence-electron chi connectivity index (χ4n) is 3.22. The van der Waals surface area contributed by atoms with Crippen LogP contribution in [0.25, 0.3) is 42.8 Å². The number of nitrogens with one attached hydrogen (secondary N) is 1. The third-order valence-corrected chi connectivity index (χ3v) is 5.73. The maximum absolute atomic E-state index is 4.74. The van der Waals surface area contributed by atoms with Gasteiger partial charge >= 0.3 is 0 Å². The molecule has 1 N–H and O–H groups in total. The van der Waals surface area contributed by atoms with Crippen molar-refractivity contribution in [2.75, 3.05) is 12.4 Å². The van der Waals surface area contributed by atoms with E-state index >= 15 is 0 Å². The molecule has 5 aromatic rings. The third-order valence-electron chi connectivity index (χ3n) is 4.56. The molecule has 27 heavy (non-hydrogen) atoms. The van der Waals surface area contributed by atoms with E-state index in [4.69, 9.17) is 9.97 Å². The number of rotatable bonds is 3. The average molecular weight is 368 g/mol. The van der Waals surface area contributed by atoms with Gasteiger partial charge in [0.15, 0.2) is 5.82 Å². The summed E-state index contributed by atoms with van der Waals surface area (Å²) in [7, 11) is 1.89. The van der Waals surface area contributed by atoms with E-state index in [-0.39, 0.29) is 0 Å². The molecule has 0 saturated carbocycles. The second kappa shape index (κ2) is 6.45. The van der Waals surface area contributed by atoms with Crippen LogP contribution in [0.4, 0.5) is 5.82 Å². The number of nitrogens with zero attached hydrogens (tertiary/aromatic N) is 3. The van der Waals surface area contributed by atoms with Crippen molar-refractivity contribution >= 4 is 38.1 Å². The lowest BCUT2D eigenvalue weighted by Crippen LogP contribution is -1.99. The van der Waals surface area contributed by atoms with Crippen molar-refractivity contribution in [3.8, 4) is 21.8 Å². The van der Waals surface area contributed by atoms with E-state index in [9.17, 15) is 0 Å². The van der Waals surface area contributed by atoms with Gasteiger partial charge in [0.2, 0.25) is 0 Å². The van der Waals surface area contributed by atoms with Crippen molar-refractivity contribution in [3.63, 3.8) is 0 Å². The van der Waals surface area contributed by atoms with Crippen LogP contribution in [0.1, 0.15) is 0 Å². The van der Waals surface area contributed by atoms with E-state index in [0.29, 0.717) is 5.82 Å². The van der Waals surface area contributed by atoms with Crippen LogP contribution in [-0.2, 0) is 0 Å². The second-order valence-corrected chi connectivity index (χ2v) is 7.35. The van der Waals surface area contributed by atoms with Crippen LogP contribution in [0.15, 0.2) is 73.1 Å². The predicted octanol–water partition coefficient (Wildman–Crippen LogP) is 5.62. The van der Waals surface area contributed by atoms with Crippen LogP contribution in [0.3, 0.4) is 0 Å². The number of hydrogen-bond acceptors (Lipinski definition) is 5. The second-order valence-electron chi connectivity index (χ2n) is 6.27. The average Bonchev–Trinajstić information content (AvgIpc) is 3.17. The van der Waals surface area contributed by atoms with Crippen molar-refractivity contribution in [2.24, 2.45) is 0 Å². The minimum Gasteiger partial charge on any atom is -0.373 e. The standard InChI is InChI=1S/C22H16N4S/c1-23-22-17-11-15(20-12-14-5-2-3-7-19(14)27-20)8-9-18(17)25-21(26-22)16-6-4-10-24-13-16/h2-13H,1H3,(H,23,25,26). The van der Waals surface area contributed by atoms with Gasteiger partial charge in [-0.2, -0.15) is 0 Å². The molecular weight excluding hydrogens is 352 g/mol. The summed E-state index contributed by atoms with van der Waals surface area (Å²) in [4.78, 5) is 14.9. The van der Waals surface area contributed by atoms with E-state index in [2.05, 4.69) is 58.8 Å². The minimum absolute atomic E-state index is 0.676. The molecule has 0 bridgehead atoms. The maximum atomic E-state index is 4.74. The molecule has 130 valence electrons. The zero-order chi connectivity index (χ0) is 18.2. The van der Waals surface area contributed by atoms with Crippen molar-refractivity contribution in [1.82, 2.24) is 15.0 Å². The Morgan fingerprint density at radius 3 is 2.63 bits per heavy atom. The van der Waals surface area contributed by atoms with Gasteiger partial charge in [-0.3, -0.25) is 4.98 Å². The Kier molecular flexibility index (Phi) is 3.80. The summed E-state index contributed by atoms with van der Waals surface area (Å²) >= 11 is 1.80. The molecule has 0 radical (unpaired) electrons. The third kappa shape index (κ3) is 2.82. The van der Waals surface area contributed by atoms with Gasteiger partial charge in [-0.1, -0.05) is 24.3 Å². The topological polar surface area (TPSA) is 50.7 Å². The molecule has 3 aromatic heterocycles. The molecule has 2 aromatic carbocycles. The SMILES string of the molecule is CNc1nc(-c2cccnc2)nc2ccc(-c3cc4ccccc4s3)cc12. The summed E-state index contributed by atoms with van der Waals surface area (Å²) in [5.74, 6) is 1.50. The predicted molar refractivity (Wildman–Crippen MR) is 113 cm³/mol. The maximum Gasteiger partial charge on any atom is 0.163 e. The fourth-order valence-corrected chi connectivity index (χ4v) is 4.28. The summed E-state index contributed by atoms with van der Waals surface area (Å²) in [5.41, 5.74) is 3.00. The lowest BCUT2D eigenvalue weighted by molar-refractivity contribution is 1.20. The highest BCUT2D eigenvalue weighted by molar-refractivity contribution is 7.22. The van der Waals surface area contributed by atoms with Gasteiger partial charge in [0, 0.05) is 40.0 Å². The van der Waals surface area contributed by atoms with E-state index in [1.54, 1.807) is 23.7 Å². The molecule has 0 aliphatic carbocycles. The quantitative estimate of drug-likeness (QED) is 0.449. The van der Waals surface area contributed by atoms with Crippen molar-refractivity contribution in [1.29, 1.82) is 0 Å². The molecule has 4 nitrogen and oxygen atoms in total. The zero-order valence-corrected chi connectivity index (χ0v) is 15.5. The van der Waals surface area contributed by atoms with Gasteiger partial charge in [-0.25, -0.2) is 9.97 Å². The van der Waals surface area contributed by atoms with Crippen molar-refractivity contribution in [2.45, 2.75) is 0 Å². The van der Waals surface area contributed by atoms with E-state index in [1.165, 1.54) is 20.5 Å². The van der Waals surface area contributed by atoms with Crippen LogP contribution >= 0.6 is 11.3 Å². The van der Waals surface area contributed by atoms with Gasteiger partial charge in [0.05, 0.1) is 5.52 Å². The normalized spacial score (nSPS) is 11.1. The first-order valence-electron chi connectivity index (χ1n) is 8.71. The van der Waals surface area contributed by atoms with Gasteiger partial charge in [-0.15, -0.1) is 11.3 Å². The van der Waals surface area contributed by atoms with Crippen LogP contribution < -0.4 is 5.32 Å². The Morgan fingerprint density at radius 1 is 0.889 bits per heavy atom. The number of thiophene rings is 1. The van der Waals surface area contributed by atoms with Gasteiger partial charge < -0.3 is 5.32 Å². The van der Waals surface area contributed by atoms with E-state index in [0.717, 1.165) is 22.3 Å². The first-order valence-corrected chi connectivity index (χ1v) is 9.52. The highest BCUT2D eigenvalue weighted by atomic mass is 32.1. The largest absolute Gasteiger partial charge is 0.373 e. The molecule has 0 aliphatic heterocycles. The number of pyridine rings is 1. The highest BCUT2D eigenvalue weighted by Gasteiger charge is 2.11. The Balaban J connectivity index is 1.67. The van der Waals surface area contributed by atoms with E-state index < -0.39 is 0 Å². The van der Waals surface area contributed by atoms with Crippen LogP contribution in [0.5, 0.6) is 0 Å². The molecule has 0 unspecified atom stereocenters. The summed E-state index contributed by atoms with van der Waals surface area (Å²) in [6.07, 6.45) is 3.53. The Morgan fingerprint density at radius 2 is 1.81 bits per heavy atom. The zero-order valence-electron chi connectivity index (χ0n) is 14.7. The van der Waals surface area contributed by atoms with Gasteiger partial charge in [-0.05, 0) is 47.3 Å². The number of hydrogen-bond donors (Lipinski definition) is 1. The molecule has 0 atom stereocenters. The van der Waals surface area contributed by atoms with Crippen LogP contribution in [0, 0.1) is 0 Å². The van der Waals surface area contributed by atoms with Crippen molar-refractivity contribution < 1.29 is 0 Å². The lowest BCUT2D eigenvalue weighted by Gasteiger charge is -2.09. The van der Waals surface area contributed by atoms with Crippen molar-refractivity contribution in [3.05, 3.63) is 73.1 Å². The number of benzene rings is 2. The molecule has 3 heterocycles. The minimum atomic E-state index is 0.676. The Hall–Kier alpha value is -3.31. The Bertz CT molecular complexity index is 1230. The van der Waals surface area contributed by atoms with Gasteiger partial charge in [0.1, 0.15) is 5.82 Å². The molecule has 0 amide bonds. The van der Waals surface area contributed by atoms with Crippen LogP contribution in [0.2, 0.25) is 0 Å². The molecule has 0 aliphatic rings. The number of fused-ring (bicyclic) bond motifs is 2. The molecule has 0 saturated heterocycles. The summed E-state index contributed by atoms with van der Waals surface area (Å²) in [6, 6.07) is 20.9. The monoisotopic (exact) mass is 368 g/mol. The molecule has 5 heteroatoms. The summed E-state index contributed by atoms with van der Waals surface area (Å²) < 4.78 is 1.30. The fraction of sp³-hybridized carbons (Fsp3) is 0.0455. The van der Waals surface area contributed by atoms with Gasteiger partial charge in [0.25, 0.3) is 0 Å². The molecule has 5 rings (SSSR count). The smallest absolute Gasteiger partial charge is 0.163 e. The summed E-state index contributed by atoms with van der Waals surface area (Å²) in [5, 5.41) is 5.50. The van der Waals surface area contributed by atoms with Crippen LogP contribution in [-0.4, -0.2) is 22.0 Å². The molecule has 0 fully saturated rings. The summed E-state index contributed by atoms with van der Waals surface area (Å²) in [6.45, 7) is 0. The lowest BCUT2D eigenvalue weighted by atomic mass is 10.1. The first-order chi connectivity index (χ1) is 13.3. The Labute approximate surface area is 160 Å². The molecular formula is C22H16N4S. The number of anilines is 1. The molecule has 0 spiro atoms. The number of aromatic nitrogens is 3. The van der Waals surface area contributed by atoms with E-state index in [1.807, 2.05) is 19.2 Å². The first kappa shape index (κ1) is 15.9. The highest BCUT2D eigenvalue weighted by Crippen LogP contribution is 2.35.